The number of aryl methyl sites for hydroxylation is 2. The van der Waals surface area contributed by atoms with Crippen LogP contribution in [0.1, 0.15) is 29.6 Å². The molecule has 12 nitrogen and oxygen atoms in total. The Morgan fingerprint density at radius 3 is 2.61 bits per heavy atom. The lowest BCUT2D eigenvalue weighted by Crippen LogP contribution is -2.66. The normalized spacial score (nSPS) is 19.5. The second-order valence-corrected chi connectivity index (χ2v) is 9.78. The van der Waals surface area contributed by atoms with E-state index in [0.29, 0.717) is 22.7 Å². The predicted octanol–water partition coefficient (Wildman–Crippen LogP) is 3.23. The number of alkyl halides is 3. The van der Waals surface area contributed by atoms with Crippen LogP contribution in [0.15, 0.2) is 46.0 Å². The van der Waals surface area contributed by atoms with Gasteiger partial charge in [0.15, 0.2) is 12.2 Å². The summed E-state index contributed by atoms with van der Waals surface area (Å²) in [6.07, 6.45) is -2.96. The summed E-state index contributed by atoms with van der Waals surface area (Å²) in [5.74, 6) is -0.382. The van der Waals surface area contributed by atoms with Crippen LogP contribution in [0.2, 0.25) is 0 Å². The molecule has 2 aliphatic heterocycles. The third kappa shape index (κ3) is 5.21. The van der Waals surface area contributed by atoms with Crippen molar-refractivity contribution in [3.05, 3.63) is 59.2 Å². The fraction of sp³-hybridized carbons (Fsp3) is 0.346. The first-order valence-corrected chi connectivity index (χ1v) is 12.5. The number of fused-ring (bicyclic) bond motifs is 1. The standard InChI is InChI=1S/C26H25F3N8O4/c1-13-8-16(10-30-21(13)26(27,28)29)18-6-5-7-19(32-18)33-23(38)15(3)37-12-31-22-20(37)24(39)36(25(40)35(22)4)11-17-9-14(2)41-34-17/h5-10,12,15,20,22H,11H2,1-4H3,(H,32,33,38)/t15-,20?,22?/m0/s1. The van der Waals surface area contributed by atoms with E-state index >= 15 is 0 Å². The Balaban J connectivity index is 1.32. The Bertz CT molecular complexity index is 1560. The second-order valence-electron chi connectivity index (χ2n) is 9.78. The molecule has 214 valence electrons. The van der Waals surface area contributed by atoms with E-state index in [1.807, 2.05) is 0 Å². The summed E-state index contributed by atoms with van der Waals surface area (Å²) in [6.45, 7) is 4.47. The molecule has 4 amide bonds. The number of carbonyl (C=O) groups is 3. The van der Waals surface area contributed by atoms with Crippen LogP contribution >= 0.6 is 0 Å². The quantitative estimate of drug-likeness (QED) is 0.477. The molecule has 0 aromatic carbocycles. The Morgan fingerprint density at radius 2 is 1.95 bits per heavy atom. The zero-order valence-electron chi connectivity index (χ0n) is 22.4. The summed E-state index contributed by atoms with van der Waals surface area (Å²) in [5.41, 5.74) is 0.0122. The fourth-order valence-electron chi connectivity index (χ4n) is 4.76. The van der Waals surface area contributed by atoms with Crippen molar-refractivity contribution in [3.8, 4) is 11.3 Å². The first kappa shape index (κ1) is 27.7. The number of carbonyl (C=O) groups excluding carboxylic acids is 3. The topological polar surface area (TPSA) is 137 Å². The van der Waals surface area contributed by atoms with E-state index in [1.165, 1.54) is 42.2 Å². The molecule has 1 N–H and O–H groups in total. The fourth-order valence-corrected chi connectivity index (χ4v) is 4.76. The third-order valence-electron chi connectivity index (χ3n) is 6.87. The monoisotopic (exact) mass is 570 g/mol. The highest BCUT2D eigenvalue weighted by Crippen LogP contribution is 2.32. The van der Waals surface area contributed by atoms with Crippen LogP contribution in [0.5, 0.6) is 0 Å². The highest BCUT2D eigenvalue weighted by molar-refractivity contribution is 6.03. The van der Waals surface area contributed by atoms with E-state index in [4.69, 9.17) is 4.52 Å². The number of pyridine rings is 2. The SMILES string of the molecule is Cc1cc(CN2C(=O)C3C(N=CN3[C@@H](C)C(=O)Nc3cccc(-c4cnc(C(F)(F)F)c(C)c4)n3)N(C)C2=O)no1. The molecule has 2 aliphatic rings. The van der Waals surface area contributed by atoms with E-state index in [0.717, 1.165) is 11.1 Å². The number of amides is 4. The molecule has 0 saturated carbocycles. The maximum Gasteiger partial charge on any atom is 0.433 e. The molecule has 0 radical (unpaired) electrons. The molecule has 1 fully saturated rings. The number of hydrogen-bond acceptors (Lipinski definition) is 9. The molecule has 5 rings (SSSR count). The van der Waals surface area contributed by atoms with Crippen molar-refractivity contribution in [2.45, 2.75) is 51.7 Å². The average molecular weight is 571 g/mol. The molecule has 0 aliphatic carbocycles. The van der Waals surface area contributed by atoms with Crippen molar-refractivity contribution >= 4 is 30.0 Å². The summed E-state index contributed by atoms with van der Waals surface area (Å²) in [5, 5.41) is 6.54. The van der Waals surface area contributed by atoms with Gasteiger partial charge < -0.3 is 19.6 Å². The van der Waals surface area contributed by atoms with Gasteiger partial charge in [0.1, 0.15) is 29.0 Å². The van der Waals surface area contributed by atoms with Gasteiger partial charge in [-0.15, -0.1) is 0 Å². The number of rotatable bonds is 6. The van der Waals surface area contributed by atoms with Crippen LogP contribution in [-0.4, -0.2) is 79.3 Å². The zero-order chi connectivity index (χ0) is 29.6. The number of likely N-dealkylation sites (N-methyl/N-ethyl adjacent to an activating group) is 1. The lowest BCUT2D eigenvalue weighted by Gasteiger charge is -2.42. The number of aromatic nitrogens is 3. The highest BCUT2D eigenvalue weighted by atomic mass is 19.4. The average Bonchev–Trinajstić information content (AvgIpc) is 3.55. The number of anilines is 1. The molecular weight excluding hydrogens is 545 g/mol. The van der Waals surface area contributed by atoms with Gasteiger partial charge in [-0.1, -0.05) is 11.2 Å². The smallest absolute Gasteiger partial charge is 0.361 e. The first-order valence-electron chi connectivity index (χ1n) is 12.5. The zero-order valence-corrected chi connectivity index (χ0v) is 22.4. The van der Waals surface area contributed by atoms with E-state index < -0.39 is 48.0 Å². The molecule has 3 aromatic heterocycles. The van der Waals surface area contributed by atoms with Crippen LogP contribution in [-0.2, 0) is 22.3 Å². The Kier molecular flexibility index (Phi) is 6.97. The van der Waals surface area contributed by atoms with Gasteiger partial charge in [-0.2, -0.15) is 13.2 Å². The van der Waals surface area contributed by atoms with Crippen molar-refractivity contribution in [2.24, 2.45) is 4.99 Å². The Morgan fingerprint density at radius 1 is 1.20 bits per heavy atom. The van der Waals surface area contributed by atoms with Crippen molar-refractivity contribution < 1.29 is 32.1 Å². The van der Waals surface area contributed by atoms with Gasteiger partial charge in [0, 0.05) is 24.9 Å². The van der Waals surface area contributed by atoms with Crippen molar-refractivity contribution in [1.82, 2.24) is 29.8 Å². The van der Waals surface area contributed by atoms with E-state index in [2.05, 4.69) is 25.4 Å². The van der Waals surface area contributed by atoms with Gasteiger partial charge in [-0.25, -0.2) is 14.8 Å². The molecule has 5 heterocycles. The Labute approximate surface area is 231 Å². The predicted molar refractivity (Wildman–Crippen MR) is 138 cm³/mol. The molecule has 15 heteroatoms. The molecule has 2 unspecified atom stereocenters. The molecular formula is C26H25F3N8O4. The molecule has 41 heavy (non-hydrogen) atoms. The summed E-state index contributed by atoms with van der Waals surface area (Å²) in [4.78, 5) is 55.6. The summed E-state index contributed by atoms with van der Waals surface area (Å²) < 4.78 is 44.3. The maximum atomic E-state index is 13.5. The van der Waals surface area contributed by atoms with Crippen LogP contribution < -0.4 is 5.32 Å². The van der Waals surface area contributed by atoms with E-state index in [9.17, 15) is 27.6 Å². The van der Waals surface area contributed by atoms with Gasteiger partial charge in [-0.05, 0) is 44.5 Å². The summed E-state index contributed by atoms with van der Waals surface area (Å²) in [7, 11) is 1.52. The summed E-state index contributed by atoms with van der Waals surface area (Å²) >= 11 is 0. The molecule has 1 saturated heterocycles. The minimum absolute atomic E-state index is 0.0592. The summed E-state index contributed by atoms with van der Waals surface area (Å²) in [6, 6.07) is 5.24. The number of nitrogens with one attached hydrogen (secondary N) is 1. The molecule has 3 atom stereocenters. The third-order valence-corrected chi connectivity index (χ3v) is 6.87. The minimum atomic E-state index is -4.58. The van der Waals surface area contributed by atoms with Gasteiger partial charge in [0.2, 0.25) is 5.91 Å². The van der Waals surface area contributed by atoms with Crippen molar-refractivity contribution in [3.63, 3.8) is 0 Å². The lowest BCUT2D eigenvalue weighted by atomic mass is 10.1. The molecule has 0 spiro atoms. The van der Waals surface area contributed by atoms with Crippen LogP contribution in [0.4, 0.5) is 23.8 Å². The Hall–Kier alpha value is -4.82. The van der Waals surface area contributed by atoms with Gasteiger partial charge in [-0.3, -0.25) is 19.5 Å². The largest absolute Gasteiger partial charge is 0.433 e. The molecule has 0 bridgehead atoms. The second kappa shape index (κ2) is 10.3. The first-order chi connectivity index (χ1) is 19.3. The number of urea groups is 1. The van der Waals surface area contributed by atoms with Crippen molar-refractivity contribution in [1.29, 1.82) is 0 Å². The van der Waals surface area contributed by atoms with Crippen LogP contribution in [0.25, 0.3) is 11.3 Å². The number of nitrogens with zero attached hydrogens (tertiary/aromatic N) is 7. The van der Waals surface area contributed by atoms with E-state index in [-0.39, 0.29) is 17.9 Å². The lowest BCUT2D eigenvalue weighted by molar-refractivity contribution is -0.142. The van der Waals surface area contributed by atoms with Gasteiger partial charge >= 0.3 is 12.2 Å². The van der Waals surface area contributed by atoms with Gasteiger partial charge in [0.05, 0.1) is 18.6 Å². The maximum absolute atomic E-state index is 13.5. The van der Waals surface area contributed by atoms with Crippen molar-refractivity contribution in [2.75, 3.05) is 12.4 Å². The van der Waals surface area contributed by atoms with E-state index in [1.54, 1.807) is 32.0 Å². The number of halogens is 3. The number of hydrogen-bond donors (Lipinski definition) is 1. The minimum Gasteiger partial charge on any atom is -0.361 e. The highest BCUT2D eigenvalue weighted by Gasteiger charge is 2.51. The van der Waals surface area contributed by atoms with Crippen LogP contribution in [0.3, 0.4) is 0 Å². The number of imide groups is 1. The van der Waals surface area contributed by atoms with Gasteiger partial charge in [0.25, 0.3) is 5.91 Å². The van der Waals surface area contributed by atoms with Crippen LogP contribution in [0, 0.1) is 13.8 Å². The number of aliphatic imine (C=N–C) groups is 1. The molecule has 3 aromatic rings.